The van der Waals surface area contributed by atoms with Crippen LogP contribution in [0.4, 0.5) is 0 Å². The molecule has 0 aromatic heterocycles. The zero-order valence-corrected chi connectivity index (χ0v) is 11.3. The molecule has 0 amide bonds. The van der Waals surface area contributed by atoms with Crippen molar-refractivity contribution in [3.8, 4) is 0 Å². The molecule has 1 N–H and O–H groups in total. The molecule has 0 saturated carbocycles. The smallest absolute Gasteiger partial charge is 0.322 e. The lowest BCUT2D eigenvalue weighted by atomic mass is 9.72. The summed E-state index contributed by atoms with van der Waals surface area (Å²) in [6.07, 6.45) is 0.703. The summed E-state index contributed by atoms with van der Waals surface area (Å²) in [7, 11) is 0. The summed E-state index contributed by atoms with van der Waals surface area (Å²) in [5, 5.41) is 10.2. The molecule has 0 radical (unpaired) electrons. The van der Waals surface area contributed by atoms with Crippen molar-refractivity contribution in [2.45, 2.75) is 45.6 Å². The van der Waals surface area contributed by atoms with Gasteiger partial charge in [-0.1, -0.05) is 6.92 Å². The van der Waals surface area contributed by atoms with Gasteiger partial charge in [-0.25, -0.2) is 0 Å². The number of carbonyl (C=O) groups excluding carboxylic acids is 2. The van der Waals surface area contributed by atoms with Gasteiger partial charge in [0.2, 0.25) is 0 Å². The maximum Gasteiger partial charge on any atom is 0.322 e. The second-order valence-corrected chi connectivity index (χ2v) is 5.06. The molecule has 0 aromatic carbocycles. The van der Waals surface area contributed by atoms with Gasteiger partial charge in [0.1, 0.15) is 0 Å². The van der Waals surface area contributed by atoms with Crippen LogP contribution in [0.25, 0.3) is 0 Å². The van der Waals surface area contributed by atoms with Crippen LogP contribution in [0.15, 0.2) is 0 Å². The van der Waals surface area contributed by atoms with Crippen molar-refractivity contribution in [3.05, 3.63) is 0 Å². The molecule has 1 heterocycles. The predicted molar refractivity (Wildman–Crippen MR) is 65.0 cm³/mol. The van der Waals surface area contributed by atoms with Crippen LogP contribution < -0.4 is 0 Å². The maximum absolute atomic E-state index is 12.1. The molecule has 0 spiro atoms. The molecule has 0 aromatic rings. The minimum Gasteiger partial charge on any atom is -0.465 e. The van der Waals surface area contributed by atoms with Crippen molar-refractivity contribution in [3.63, 3.8) is 0 Å². The third-order valence-corrected chi connectivity index (χ3v) is 3.47. The van der Waals surface area contributed by atoms with E-state index in [1.165, 1.54) is 0 Å². The minimum absolute atomic E-state index is 0.000810. The molecule has 104 valence electrons. The molecular weight excluding hydrogens is 236 g/mol. The molecule has 5 heteroatoms. The van der Waals surface area contributed by atoms with Gasteiger partial charge in [-0.05, 0) is 20.3 Å². The number of hydrogen-bond donors (Lipinski definition) is 1. The van der Waals surface area contributed by atoms with Crippen LogP contribution in [-0.4, -0.2) is 42.3 Å². The van der Waals surface area contributed by atoms with Crippen LogP contribution in [0, 0.1) is 5.41 Å². The lowest BCUT2D eigenvalue weighted by Crippen LogP contribution is -2.52. The van der Waals surface area contributed by atoms with Crippen molar-refractivity contribution in [1.82, 2.24) is 0 Å². The fourth-order valence-electron chi connectivity index (χ4n) is 2.17. The summed E-state index contributed by atoms with van der Waals surface area (Å²) in [5.74, 6) is -0.774. The Morgan fingerprint density at radius 3 is 2.72 bits per heavy atom. The molecule has 0 bridgehead atoms. The normalized spacial score (nSPS) is 27.7. The first kappa shape index (κ1) is 15.1. The van der Waals surface area contributed by atoms with E-state index in [4.69, 9.17) is 9.47 Å². The van der Waals surface area contributed by atoms with Crippen LogP contribution in [0.3, 0.4) is 0 Å². The summed E-state index contributed by atoms with van der Waals surface area (Å²) in [6, 6.07) is 0. The Labute approximate surface area is 107 Å². The molecule has 2 unspecified atom stereocenters. The van der Waals surface area contributed by atoms with Gasteiger partial charge >= 0.3 is 5.97 Å². The monoisotopic (exact) mass is 258 g/mol. The van der Waals surface area contributed by atoms with Crippen LogP contribution >= 0.6 is 0 Å². The predicted octanol–water partition coefficient (Wildman–Crippen LogP) is 1.08. The second kappa shape index (κ2) is 5.80. The van der Waals surface area contributed by atoms with E-state index in [1.807, 2.05) is 6.92 Å². The Morgan fingerprint density at radius 1 is 1.56 bits per heavy atom. The van der Waals surface area contributed by atoms with Crippen LogP contribution in [0.1, 0.15) is 40.0 Å². The topological polar surface area (TPSA) is 72.8 Å². The van der Waals surface area contributed by atoms with E-state index in [9.17, 15) is 14.7 Å². The average molecular weight is 258 g/mol. The lowest BCUT2D eigenvalue weighted by Gasteiger charge is -2.37. The van der Waals surface area contributed by atoms with Gasteiger partial charge < -0.3 is 14.6 Å². The highest BCUT2D eigenvalue weighted by molar-refractivity contribution is 6.04. The fourth-order valence-corrected chi connectivity index (χ4v) is 2.17. The summed E-state index contributed by atoms with van der Waals surface area (Å²) in [4.78, 5) is 24.2. The second-order valence-electron chi connectivity index (χ2n) is 5.06. The average Bonchev–Trinajstić information content (AvgIpc) is 2.32. The molecule has 1 rings (SSSR count). The number of carbonyl (C=O) groups is 2. The van der Waals surface area contributed by atoms with Crippen molar-refractivity contribution < 1.29 is 24.2 Å². The number of ketones is 1. The van der Waals surface area contributed by atoms with Gasteiger partial charge in [0.05, 0.1) is 25.4 Å². The summed E-state index contributed by atoms with van der Waals surface area (Å²) in [6.45, 7) is 5.66. The van der Waals surface area contributed by atoms with Crippen LogP contribution in [0.5, 0.6) is 0 Å². The lowest BCUT2D eigenvalue weighted by molar-refractivity contribution is -0.175. The summed E-state index contributed by atoms with van der Waals surface area (Å²) < 4.78 is 10.3. The highest BCUT2D eigenvalue weighted by Gasteiger charge is 2.52. The number of rotatable bonds is 5. The van der Waals surface area contributed by atoms with Crippen molar-refractivity contribution in [2.75, 3.05) is 19.8 Å². The van der Waals surface area contributed by atoms with Gasteiger partial charge in [0, 0.05) is 12.8 Å². The van der Waals surface area contributed by atoms with E-state index in [0.717, 1.165) is 0 Å². The zero-order valence-electron chi connectivity index (χ0n) is 11.3. The number of aliphatic hydroxyl groups is 1. The number of Topliss-reactive ketones (excluding diaryl/α,β-unsaturated/α-hetero) is 1. The standard InChI is InChI=1S/C13H22O5/c1-4-12(3,16)8-13(11(15)18-5-2)9-17-7-6-10(13)14/h16H,4-9H2,1-3H3. The molecule has 18 heavy (non-hydrogen) atoms. The van der Waals surface area contributed by atoms with Crippen molar-refractivity contribution >= 4 is 11.8 Å². The van der Waals surface area contributed by atoms with E-state index in [0.29, 0.717) is 13.0 Å². The van der Waals surface area contributed by atoms with E-state index in [1.54, 1.807) is 13.8 Å². The Balaban J connectivity index is 3.00. The van der Waals surface area contributed by atoms with E-state index in [2.05, 4.69) is 0 Å². The maximum atomic E-state index is 12.1. The molecule has 1 aliphatic heterocycles. The van der Waals surface area contributed by atoms with Crippen LogP contribution in [-0.2, 0) is 19.1 Å². The number of hydrogen-bond acceptors (Lipinski definition) is 5. The minimum atomic E-state index is -1.34. The highest BCUT2D eigenvalue weighted by atomic mass is 16.5. The largest absolute Gasteiger partial charge is 0.465 e. The summed E-state index contributed by atoms with van der Waals surface area (Å²) >= 11 is 0. The molecule has 2 atom stereocenters. The molecule has 1 fully saturated rings. The first-order valence-electron chi connectivity index (χ1n) is 6.38. The Hall–Kier alpha value is -0.940. The molecule has 5 nitrogen and oxygen atoms in total. The number of ether oxygens (including phenoxy) is 2. The molecule has 1 saturated heterocycles. The quantitative estimate of drug-likeness (QED) is 0.590. The highest BCUT2D eigenvalue weighted by Crippen LogP contribution is 2.36. The van der Waals surface area contributed by atoms with E-state index < -0.39 is 17.0 Å². The molecule has 1 aliphatic rings. The first-order valence-corrected chi connectivity index (χ1v) is 6.38. The van der Waals surface area contributed by atoms with Gasteiger partial charge in [-0.3, -0.25) is 9.59 Å². The molecule has 0 aliphatic carbocycles. The third-order valence-electron chi connectivity index (χ3n) is 3.47. The van der Waals surface area contributed by atoms with Crippen LogP contribution in [0.2, 0.25) is 0 Å². The summed E-state index contributed by atoms with van der Waals surface area (Å²) in [5.41, 5.74) is -2.42. The van der Waals surface area contributed by atoms with Crippen molar-refractivity contribution in [2.24, 2.45) is 5.41 Å². The Kier molecular flexibility index (Phi) is 4.87. The van der Waals surface area contributed by atoms with Gasteiger partial charge in [0.25, 0.3) is 0 Å². The fraction of sp³-hybridized carbons (Fsp3) is 0.846. The van der Waals surface area contributed by atoms with E-state index >= 15 is 0 Å². The first-order chi connectivity index (χ1) is 8.38. The van der Waals surface area contributed by atoms with Crippen molar-refractivity contribution in [1.29, 1.82) is 0 Å². The molecular formula is C13H22O5. The van der Waals surface area contributed by atoms with E-state index in [-0.39, 0.29) is 31.8 Å². The number of esters is 1. The Morgan fingerprint density at radius 2 is 2.22 bits per heavy atom. The zero-order chi connectivity index (χ0) is 13.8. The van der Waals surface area contributed by atoms with Gasteiger partial charge in [-0.15, -0.1) is 0 Å². The van der Waals surface area contributed by atoms with Gasteiger partial charge in [-0.2, -0.15) is 0 Å². The third kappa shape index (κ3) is 3.09. The Bertz CT molecular complexity index is 323. The van der Waals surface area contributed by atoms with Gasteiger partial charge in [0.15, 0.2) is 11.2 Å². The SMILES string of the molecule is CCOC(=O)C1(CC(C)(O)CC)COCCC1=O.